The lowest BCUT2D eigenvalue weighted by atomic mass is 10.5. The van der Waals surface area contributed by atoms with E-state index in [1.165, 1.54) is 19.1 Å². The Bertz CT molecular complexity index is 48.9. The molecular formula is C7H21N2P. The molecule has 1 N–H and O–H groups in total. The van der Waals surface area contributed by atoms with Gasteiger partial charge >= 0.3 is 0 Å². The second kappa shape index (κ2) is 12.1. The van der Waals surface area contributed by atoms with E-state index in [0.717, 1.165) is 0 Å². The zero-order valence-electron chi connectivity index (χ0n) is 7.65. The van der Waals surface area contributed by atoms with Crippen LogP contribution < -0.4 is 5.32 Å². The van der Waals surface area contributed by atoms with Crippen LogP contribution in [0.25, 0.3) is 0 Å². The van der Waals surface area contributed by atoms with Gasteiger partial charge in [-0.1, -0.05) is 0 Å². The van der Waals surface area contributed by atoms with Crippen LogP contribution in [0.4, 0.5) is 0 Å². The molecule has 0 aliphatic carbocycles. The smallest absolute Gasteiger partial charge is 0.00217 e. The summed E-state index contributed by atoms with van der Waals surface area (Å²) in [5, 5.41) is 2.75. The van der Waals surface area contributed by atoms with Crippen LogP contribution in [0.3, 0.4) is 0 Å². The highest BCUT2D eigenvalue weighted by molar-refractivity contribution is 7.16. The number of rotatable bonds is 3. The van der Waals surface area contributed by atoms with Gasteiger partial charge in [-0.05, 0) is 47.3 Å². The van der Waals surface area contributed by atoms with E-state index in [1.807, 2.05) is 14.1 Å². The molecule has 0 aromatic rings. The largest absolute Gasteiger partial charge is 0.323 e. The molecule has 1 atom stereocenters. The fourth-order valence-electron chi connectivity index (χ4n) is 0.408. The summed E-state index contributed by atoms with van der Waals surface area (Å²) in [5.41, 5.74) is 0. The predicted octanol–water partition coefficient (Wildman–Crippen LogP) is 0.649. The first-order valence-electron chi connectivity index (χ1n) is 3.62. The average molecular weight is 164 g/mol. The summed E-state index contributed by atoms with van der Waals surface area (Å²) in [7, 11) is 10.7. The van der Waals surface area contributed by atoms with E-state index in [4.69, 9.17) is 0 Å². The van der Waals surface area contributed by atoms with Crippen molar-refractivity contribution in [1.82, 2.24) is 10.2 Å². The Morgan fingerprint density at radius 1 is 1.30 bits per heavy atom. The van der Waals surface area contributed by atoms with Crippen molar-refractivity contribution in [2.75, 3.05) is 40.9 Å². The van der Waals surface area contributed by atoms with E-state index in [-0.39, 0.29) is 0 Å². The van der Waals surface area contributed by atoms with Crippen molar-refractivity contribution in [3.8, 4) is 0 Å². The number of hydrogen-bond donors (Lipinski definition) is 1. The Morgan fingerprint density at radius 2 is 1.70 bits per heavy atom. The summed E-state index contributed by atoms with van der Waals surface area (Å²) in [4.78, 5) is 2.20. The highest BCUT2D eigenvalue weighted by atomic mass is 31.0. The van der Waals surface area contributed by atoms with Crippen molar-refractivity contribution in [2.45, 2.75) is 6.42 Å². The zero-order valence-corrected chi connectivity index (χ0v) is 8.80. The van der Waals surface area contributed by atoms with Gasteiger partial charge in [-0.25, -0.2) is 0 Å². The fourth-order valence-corrected chi connectivity index (χ4v) is 0.590. The second-order valence-electron chi connectivity index (χ2n) is 2.45. The molecule has 0 radical (unpaired) electrons. The van der Waals surface area contributed by atoms with E-state index >= 15 is 0 Å². The number of nitrogens with zero attached hydrogens (tertiary/aromatic N) is 1. The van der Waals surface area contributed by atoms with E-state index < -0.39 is 0 Å². The van der Waals surface area contributed by atoms with E-state index in [0.29, 0.717) is 0 Å². The van der Waals surface area contributed by atoms with Crippen molar-refractivity contribution >= 4 is 9.24 Å². The molecule has 0 amide bonds. The lowest BCUT2D eigenvalue weighted by Gasteiger charge is -2.05. The van der Waals surface area contributed by atoms with Crippen molar-refractivity contribution in [3.05, 3.63) is 0 Å². The monoisotopic (exact) mass is 164 g/mol. The molecule has 0 fully saturated rings. The van der Waals surface area contributed by atoms with Crippen molar-refractivity contribution in [3.63, 3.8) is 0 Å². The van der Waals surface area contributed by atoms with Crippen LogP contribution in [-0.2, 0) is 0 Å². The summed E-state index contributed by atoms with van der Waals surface area (Å²) in [6.45, 7) is 1.21. The summed E-state index contributed by atoms with van der Waals surface area (Å²) in [5.74, 6) is 0. The van der Waals surface area contributed by atoms with Gasteiger partial charge in [0.15, 0.2) is 0 Å². The van der Waals surface area contributed by atoms with Gasteiger partial charge in [-0.2, -0.15) is 0 Å². The Balaban J connectivity index is 0. The van der Waals surface area contributed by atoms with Crippen LogP contribution >= 0.6 is 9.24 Å². The minimum Gasteiger partial charge on any atom is -0.323 e. The van der Waals surface area contributed by atoms with Gasteiger partial charge in [0, 0.05) is 0 Å². The molecule has 0 saturated heterocycles. The SMILES string of the molecule is CN(C)CCCP.CNC. The molecule has 0 bridgehead atoms. The van der Waals surface area contributed by atoms with Gasteiger partial charge < -0.3 is 10.2 Å². The molecule has 0 aliphatic heterocycles. The quantitative estimate of drug-likeness (QED) is 0.616. The molecule has 0 heterocycles. The third-order valence-corrected chi connectivity index (χ3v) is 1.22. The third-order valence-electron chi connectivity index (χ3n) is 0.809. The number of hydrogen-bond acceptors (Lipinski definition) is 2. The van der Waals surface area contributed by atoms with Gasteiger partial charge in [-0.3, -0.25) is 0 Å². The maximum Gasteiger partial charge on any atom is -0.00217 e. The fraction of sp³-hybridized carbons (Fsp3) is 1.00. The lowest BCUT2D eigenvalue weighted by Crippen LogP contribution is -2.12. The Morgan fingerprint density at radius 3 is 1.80 bits per heavy atom. The molecule has 2 nitrogen and oxygen atoms in total. The molecule has 0 saturated carbocycles. The molecule has 1 unspecified atom stereocenters. The van der Waals surface area contributed by atoms with Crippen molar-refractivity contribution < 1.29 is 0 Å². The highest BCUT2D eigenvalue weighted by Crippen LogP contribution is 1.87. The zero-order chi connectivity index (χ0) is 8.41. The van der Waals surface area contributed by atoms with E-state index in [1.54, 1.807) is 0 Å². The average Bonchev–Trinajstić information content (AvgIpc) is 1.85. The van der Waals surface area contributed by atoms with Crippen LogP contribution in [0.15, 0.2) is 0 Å². The first-order chi connectivity index (χ1) is 4.68. The van der Waals surface area contributed by atoms with E-state index in [9.17, 15) is 0 Å². The molecule has 0 aromatic heterocycles. The summed E-state index contributed by atoms with van der Waals surface area (Å²) in [6, 6.07) is 0. The summed E-state index contributed by atoms with van der Waals surface area (Å²) < 4.78 is 0. The third kappa shape index (κ3) is 23.8. The topological polar surface area (TPSA) is 15.3 Å². The Labute approximate surface area is 67.6 Å². The molecule has 0 aliphatic rings. The predicted molar refractivity (Wildman–Crippen MR) is 52.7 cm³/mol. The molecule has 0 spiro atoms. The van der Waals surface area contributed by atoms with E-state index in [2.05, 4.69) is 33.6 Å². The van der Waals surface area contributed by atoms with Gasteiger partial charge in [0.25, 0.3) is 0 Å². The van der Waals surface area contributed by atoms with Gasteiger partial charge in [0.05, 0.1) is 0 Å². The van der Waals surface area contributed by atoms with Crippen LogP contribution in [0.5, 0.6) is 0 Å². The Kier molecular flexibility index (Phi) is 15.7. The molecule has 0 aromatic carbocycles. The molecule has 3 heteroatoms. The van der Waals surface area contributed by atoms with Crippen LogP contribution in [0.2, 0.25) is 0 Å². The van der Waals surface area contributed by atoms with Crippen molar-refractivity contribution in [1.29, 1.82) is 0 Å². The summed E-state index contributed by atoms with van der Waals surface area (Å²) in [6.07, 6.45) is 2.51. The molecule has 64 valence electrons. The Hall–Kier alpha value is 0.350. The maximum atomic E-state index is 2.75. The van der Waals surface area contributed by atoms with Crippen LogP contribution in [-0.4, -0.2) is 45.8 Å². The minimum atomic E-state index is 1.21. The molecule has 10 heavy (non-hydrogen) atoms. The lowest BCUT2D eigenvalue weighted by molar-refractivity contribution is 0.410. The van der Waals surface area contributed by atoms with Crippen molar-refractivity contribution in [2.24, 2.45) is 0 Å². The first kappa shape index (κ1) is 13.0. The van der Waals surface area contributed by atoms with Crippen LogP contribution in [0, 0.1) is 0 Å². The van der Waals surface area contributed by atoms with Gasteiger partial charge in [-0.15, -0.1) is 9.24 Å². The number of nitrogens with one attached hydrogen (secondary N) is 1. The second-order valence-corrected chi connectivity index (χ2v) is 3.02. The van der Waals surface area contributed by atoms with Crippen LogP contribution in [0.1, 0.15) is 6.42 Å². The van der Waals surface area contributed by atoms with Gasteiger partial charge in [0.2, 0.25) is 0 Å². The highest BCUT2D eigenvalue weighted by Gasteiger charge is 1.83. The minimum absolute atomic E-state index is 1.21. The summed E-state index contributed by atoms with van der Waals surface area (Å²) >= 11 is 0. The standard InChI is InChI=1S/C5H14NP.C2H7N/c1-6(2)4-3-5-7;1-3-2/h3-5,7H2,1-2H3;3H,1-2H3. The molecular weight excluding hydrogens is 143 g/mol. The maximum absolute atomic E-state index is 2.75. The van der Waals surface area contributed by atoms with Gasteiger partial charge in [0.1, 0.15) is 0 Å². The first-order valence-corrected chi connectivity index (χ1v) is 4.44. The molecule has 0 rings (SSSR count). The normalized spacial score (nSPS) is 9.00.